The van der Waals surface area contributed by atoms with E-state index in [0.29, 0.717) is 5.69 Å². The van der Waals surface area contributed by atoms with E-state index in [1.54, 1.807) is 6.07 Å². The molecule has 0 aliphatic carbocycles. The lowest BCUT2D eigenvalue weighted by Crippen LogP contribution is -2.15. The first kappa shape index (κ1) is 18.9. The second-order valence-electron chi connectivity index (χ2n) is 5.52. The molecule has 0 bridgehead atoms. The summed E-state index contributed by atoms with van der Waals surface area (Å²) < 4.78 is 12.3. The van der Waals surface area contributed by atoms with Crippen molar-refractivity contribution in [3.63, 3.8) is 0 Å². The van der Waals surface area contributed by atoms with Crippen molar-refractivity contribution in [2.75, 3.05) is 19.5 Å². The van der Waals surface area contributed by atoms with Crippen LogP contribution in [0.2, 0.25) is 0 Å². The van der Waals surface area contributed by atoms with Crippen LogP contribution >= 0.6 is 22.6 Å². The molecular weight excluding hydrogens is 461 g/mol. The number of fused-ring (bicyclic) bond motifs is 1. The molecule has 8 heteroatoms. The molecule has 0 aliphatic rings. The van der Waals surface area contributed by atoms with Gasteiger partial charge in [0.15, 0.2) is 0 Å². The maximum absolute atomic E-state index is 11.9. The normalized spacial score (nSPS) is 11.3. The van der Waals surface area contributed by atoms with Gasteiger partial charge in [0.25, 0.3) is 0 Å². The van der Waals surface area contributed by atoms with Gasteiger partial charge in [0.2, 0.25) is 0 Å². The molecule has 0 fully saturated rings. The Hall–Kier alpha value is -2.88. The highest BCUT2D eigenvalue weighted by atomic mass is 127. The van der Waals surface area contributed by atoms with Gasteiger partial charge in [0.1, 0.15) is 11.3 Å². The van der Waals surface area contributed by atoms with E-state index in [1.165, 1.54) is 14.2 Å². The van der Waals surface area contributed by atoms with Crippen LogP contribution in [0.1, 0.15) is 0 Å². The number of pyridine rings is 1. The van der Waals surface area contributed by atoms with Crippen molar-refractivity contribution >= 4 is 45.9 Å². The average molecular weight is 477 g/mol. The molecule has 0 spiro atoms. The van der Waals surface area contributed by atoms with Gasteiger partial charge in [-0.05, 0) is 46.9 Å². The number of ether oxygens (including phenoxy) is 2. The fourth-order valence-corrected chi connectivity index (χ4v) is 2.93. The number of nitrogens with one attached hydrogen (secondary N) is 1. The molecular formula is C19H16IN3O4. The summed E-state index contributed by atoms with van der Waals surface area (Å²) in [6, 6.07) is 11.3. The Morgan fingerprint density at radius 1 is 1.15 bits per heavy atom. The Labute approximate surface area is 169 Å². The summed E-state index contributed by atoms with van der Waals surface area (Å²) in [4.78, 5) is 28.0. The average Bonchev–Trinajstić information content (AvgIpc) is 3.10. The summed E-state index contributed by atoms with van der Waals surface area (Å²) in [7, 11) is 2.47. The van der Waals surface area contributed by atoms with Crippen LogP contribution in [0.3, 0.4) is 0 Å². The summed E-state index contributed by atoms with van der Waals surface area (Å²) in [5, 5.41) is 2.90. The molecule has 27 heavy (non-hydrogen) atoms. The van der Waals surface area contributed by atoms with Gasteiger partial charge in [-0.3, -0.25) is 0 Å². The molecule has 0 saturated heterocycles. The number of esters is 2. The summed E-state index contributed by atoms with van der Waals surface area (Å²) >= 11 is 2.25. The van der Waals surface area contributed by atoms with E-state index >= 15 is 0 Å². The lowest BCUT2D eigenvalue weighted by molar-refractivity contribution is -0.138. The van der Waals surface area contributed by atoms with E-state index in [9.17, 15) is 9.59 Å². The van der Waals surface area contributed by atoms with Crippen molar-refractivity contribution in [2.24, 2.45) is 0 Å². The minimum Gasteiger partial charge on any atom is -0.466 e. The molecule has 0 unspecified atom stereocenters. The van der Waals surface area contributed by atoms with Gasteiger partial charge in [-0.15, -0.1) is 0 Å². The van der Waals surface area contributed by atoms with E-state index in [2.05, 4.69) is 37.6 Å². The molecule has 7 nitrogen and oxygen atoms in total. The van der Waals surface area contributed by atoms with Crippen molar-refractivity contribution in [3.8, 4) is 11.3 Å². The van der Waals surface area contributed by atoms with Gasteiger partial charge < -0.3 is 19.2 Å². The summed E-state index contributed by atoms with van der Waals surface area (Å²) in [5.41, 5.74) is 3.08. The topological polar surface area (TPSA) is 81.9 Å². The third kappa shape index (κ3) is 4.45. The van der Waals surface area contributed by atoms with E-state index in [-0.39, 0.29) is 5.70 Å². The van der Waals surface area contributed by atoms with Crippen molar-refractivity contribution in [1.29, 1.82) is 0 Å². The Kier molecular flexibility index (Phi) is 5.75. The third-order valence-electron chi connectivity index (χ3n) is 3.72. The number of imidazole rings is 1. The fourth-order valence-electron chi connectivity index (χ4n) is 2.45. The first-order chi connectivity index (χ1) is 13.0. The van der Waals surface area contributed by atoms with E-state index in [4.69, 9.17) is 4.74 Å². The van der Waals surface area contributed by atoms with Crippen molar-refractivity contribution in [3.05, 3.63) is 64.1 Å². The quantitative estimate of drug-likeness (QED) is 0.345. The van der Waals surface area contributed by atoms with Gasteiger partial charge in [0.05, 0.1) is 26.0 Å². The van der Waals surface area contributed by atoms with E-state index in [1.807, 2.05) is 47.1 Å². The number of nitrogens with zero attached hydrogens (tertiary/aromatic N) is 2. The summed E-state index contributed by atoms with van der Waals surface area (Å²) in [6.45, 7) is 0. The van der Waals surface area contributed by atoms with Crippen LogP contribution < -0.4 is 5.32 Å². The number of carbonyl (C=O) groups excluding carboxylic acids is 2. The minimum absolute atomic E-state index is 0.0222. The molecule has 0 amide bonds. The van der Waals surface area contributed by atoms with Crippen molar-refractivity contribution in [1.82, 2.24) is 9.38 Å². The van der Waals surface area contributed by atoms with Gasteiger partial charge >= 0.3 is 11.9 Å². The number of rotatable bonds is 5. The molecule has 3 rings (SSSR count). The highest BCUT2D eigenvalue weighted by molar-refractivity contribution is 14.1. The number of carbonyl (C=O) groups is 2. The Morgan fingerprint density at radius 2 is 1.96 bits per heavy atom. The zero-order valence-corrected chi connectivity index (χ0v) is 16.8. The summed E-state index contributed by atoms with van der Waals surface area (Å²) in [6.07, 6.45) is 4.97. The van der Waals surface area contributed by atoms with Crippen molar-refractivity contribution < 1.29 is 19.1 Å². The predicted molar refractivity (Wildman–Crippen MR) is 109 cm³/mol. The molecule has 2 aromatic heterocycles. The molecule has 138 valence electrons. The molecule has 0 atom stereocenters. The van der Waals surface area contributed by atoms with Gasteiger partial charge in [-0.2, -0.15) is 0 Å². The fraction of sp³-hybridized carbons (Fsp3) is 0.105. The maximum Gasteiger partial charge on any atom is 0.354 e. The second-order valence-corrected chi connectivity index (χ2v) is 6.76. The zero-order chi connectivity index (χ0) is 19.4. The van der Waals surface area contributed by atoms with Crippen LogP contribution in [-0.2, 0) is 19.1 Å². The SMILES string of the molecule is COC(=O)/C=C(/Nc1cccc(-c2cn3cc(I)ccc3n2)c1)C(=O)OC. The third-order valence-corrected chi connectivity index (χ3v) is 4.36. The van der Waals surface area contributed by atoms with Gasteiger partial charge in [-0.1, -0.05) is 12.1 Å². The first-order valence-corrected chi connectivity index (χ1v) is 8.97. The second kappa shape index (κ2) is 8.21. The van der Waals surface area contributed by atoms with Crippen LogP contribution in [0, 0.1) is 3.57 Å². The van der Waals surface area contributed by atoms with Crippen LogP contribution in [0.4, 0.5) is 5.69 Å². The first-order valence-electron chi connectivity index (χ1n) is 7.90. The monoisotopic (exact) mass is 477 g/mol. The minimum atomic E-state index is -0.673. The molecule has 1 N–H and O–H groups in total. The van der Waals surface area contributed by atoms with Crippen LogP contribution in [0.15, 0.2) is 60.6 Å². The van der Waals surface area contributed by atoms with Crippen LogP contribution in [0.5, 0.6) is 0 Å². The highest BCUT2D eigenvalue weighted by Gasteiger charge is 2.13. The molecule has 0 radical (unpaired) electrons. The highest BCUT2D eigenvalue weighted by Crippen LogP contribution is 2.24. The lowest BCUT2D eigenvalue weighted by Gasteiger charge is -2.10. The smallest absolute Gasteiger partial charge is 0.354 e. The number of benzene rings is 1. The number of hydrogen-bond donors (Lipinski definition) is 1. The number of halogens is 1. The Bertz CT molecular complexity index is 1040. The van der Waals surface area contributed by atoms with Gasteiger partial charge in [-0.25, -0.2) is 14.6 Å². The van der Waals surface area contributed by atoms with E-state index < -0.39 is 11.9 Å². The van der Waals surface area contributed by atoms with Crippen molar-refractivity contribution in [2.45, 2.75) is 0 Å². The summed E-state index contributed by atoms with van der Waals surface area (Å²) in [5.74, 6) is -1.33. The number of methoxy groups -OCH3 is 2. The van der Waals surface area contributed by atoms with E-state index in [0.717, 1.165) is 26.6 Å². The Balaban J connectivity index is 1.92. The van der Waals surface area contributed by atoms with Crippen LogP contribution in [0.25, 0.3) is 16.9 Å². The van der Waals surface area contributed by atoms with Gasteiger partial charge in [0, 0.05) is 27.2 Å². The largest absolute Gasteiger partial charge is 0.466 e. The number of aromatic nitrogens is 2. The lowest BCUT2D eigenvalue weighted by atomic mass is 10.1. The molecule has 0 aliphatic heterocycles. The van der Waals surface area contributed by atoms with Crippen LogP contribution in [-0.4, -0.2) is 35.5 Å². The standard InChI is InChI=1S/C19H16IN3O4/c1-26-18(24)9-15(19(25)27-2)21-14-5-3-4-12(8-14)16-11-23-10-13(20)6-7-17(23)22-16/h3-11,21H,1-2H3/b15-9+. The molecule has 1 aromatic carbocycles. The zero-order valence-electron chi connectivity index (χ0n) is 14.6. The molecule has 2 heterocycles. The number of anilines is 1. The molecule has 0 saturated carbocycles. The molecule has 3 aromatic rings. The predicted octanol–water partition coefficient (Wildman–Crippen LogP) is 3.25. The Morgan fingerprint density at radius 3 is 2.70 bits per heavy atom. The maximum atomic E-state index is 11.9. The number of hydrogen-bond acceptors (Lipinski definition) is 6.